The molecule has 0 aromatic carbocycles. The molecular formula is C23H33N. The van der Waals surface area contributed by atoms with Gasteiger partial charge < -0.3 is 4.90 Å². The maximum atomic E-state index is 3.13. The molecule has 0 aromatic rings. The van der Waals surface area contributed by atoms with Crippen LogP contribution in [-0.4, -0.2) is 17.5 Å². The van der Waals surface area contributed by atoms with Crippen LogP contribution >= 0.6 is 0 Å². The molecule has 1 atom stereocenters. The first kappa shape index (κ1) is 18.7. The molecule has 24 heavy (non-hydrogen) atoms. The fraction of sp³-hybridized carbons (Fsp3) is 0.565. The molecule has 130 valence electrons. The van der Waals surface area contributed by atoms with Crippen molar-refractivity contribution < 1.29 is 0 Å². The Labute approximate surface area is 149 Å². The molecule has 1 aliphatic heterocycles. The van der Waals surface area contributed by atoms with Crippen molar-refractivity contribution in [2.24, 2.45) is 5.41 Å². The molecule has 1 heterocycles. The third-order valence-corrected chi connectivity index (χ3v) is 5.89. The molecule has 2 rings (SSSR count). The molecule has 2 aliphatic rings. The summed E-state index contributed by atoms with van der Waals surface area (Å²) in [5, 5.41) is 0. The quantitative estimate of drug-likeness (QED) is 0.559. The number of hydrogen-bond donors (Lipinski definition) is 0. The van der Waals surface area contributed by atoms with Crippen LogP contribution in [0.5, 0.6) is 0 Å². The molecule has 1 aliphatic carbocycles. The Kier molecular flexibility index (Phi) is 6.16. The van der Waals surface area contributed by atoms with Gasteiger partial charge in [-0.05, 0) is 56.6 Å². The van der Waals surface area contributed by atoms with Crippen LogP contribution in [0.4, 0.5) is 0 Å². The van der Waals surface area contributed by atoms with Crippen LogP contribution in [0, 0.1) is 17.3 Å². The van der Waals surface area contributed by atoms with Crippen molar-refractivity contribution in [2.45, 2.75) is 73.3 Å². The SMILES string of the molecule is CC#CC/C=C\C1=C(C)N(C(C)C(C)(C)CC)CC2=CCCC=C21. The summed E-state index contributed by atoms with van der Waals surface area (Å²) >= 11 is 0. The highest BCUT2D eigenvalue weighted by Crippen LogP contribution is 2.39. The summed E-state index contributed by atoms with van der Waals surface area (Å²) in [4.78, 5) is 2.61. The van der Waals surface area contributed by atoms with Gasteiger partial charge in [0.15, 0.2) is 0 Å². The predicted octanol–water partition coefficient (Wildman–Crippen LogP) is 6.02. The normalized spacial score (nSPS) is 19.5. The number of rotatable bonds is 5. The van der Waals surface area contributed by atoms with E-state index in [1.807, 2.05) is 6.92 Å². The van der Waals surface area contributed by atoms with Gasteiger partial charge in [0.05, 0.1) is 0 Å². The molecule has 0 saturated heterocycles. The van der Waals surface area contributed by atoms with Gasteiger partial charge in [0.1, 0.15) is 0 Å². The van der Waals surface area contributed by atoms with Crippen LogP contribution in [0.3, 0.4) is 0 Å². The molecule has 0 aromatic heterocycles. The van der Waals surface area contributed by atoms with Crippen molar-refractivity contribution in [2.75, 3.05) is 6.54 Å². The lowest BCUT2D eigenvalue weighted by atomic mass is 9.79. The molecule has 0 radical (unpaired) electrons. The third-order valence-electron chi connectivity index (χ3n) is 5.89. The minimum atomic E-state index is 0.306. The lowest BCUT2D eigenvalue weighted by Crippen LogP contribution is -2.45. The maximum Gasteiger partial charge on any atom is 0.0432 e. The average molecular weight is 324 g/mol. The van der Waals surface area contributed by atoms with Gasteiger partial charge in [-0.2, -0.15) is 0 Å². The first-order valence-electron chi connectivity index (χ1n) is 9.36. The van der Waals surface area contributed by atoms with Crippen molar-refractivity contribution in [3.8, 4) is 11.8 Å². The van der Waals surface area contributed by atoms with Gasteiger partial charge in [0.2, 0.25) is 0 Å². The first-order chi connectivity index (χ1) is 11.4. The minimum absolute atomic E-state index is 0.306. The van der Waals surface area contributed by atoms with E-state index in [4.69, 9.17) is 0 Å². The number of fused-ring (bicyclic) bond motifs is 1. The third kappa shape index (κ3) is 3.86. The van der Waals surface area contributed by atoms with Crippen molar-refractivity contribution in [3.63, 3.8) is 0 Å². The lowest BCUT2D eigenvalue weighted by Gasteiger charge is -2.45. The Hall–Kier alpha value is -1.68. The Balaban J connectivity index is 2.42. The smallest absolute Gasteiger partial charge is 0.0432 e. The maximum absolute atomic E-state index is 3.13. The van der Waals surface area contributed by atoms with Gasteiger partial charge in [0, 0.05) is 30.3 Å². The molecule has 0 amide bonds. The summed E-state index contributed by atoms with van der Waals surface area (Å²) in [6.45, 7) is 14.7. The van der Waals surface area contributed by atoms with E-state index in [1.165, 1.54) is 35.3 Å². The molecule has 0 N–H and O–H groups in total. The monoisotopic (exact) mass is 323 g/mol. The van der Waals surface area contributed by atoms with Gasteiger partial charge in [-0.3, -0.25) is 0 Å². The van der Waals surface area contributed by atoms with Crippen molar-refractivity contribution in [1.29, 1.82) is 0 Å². The first-order valence-corrected chi connectivity index (χ1v) is 9.36. The zero-order valence-corrected chi connectivity index (χ0v) is 16.4. The molecule has 0 spiro atoms. The van der Waals surface area contributed by atoms with E-state index in [-0.39, 0.29) is 0 Å². The second-order valence-electron chi connectivity index (χ2n) is 7.60. The summed E-state index contributed by atoms with van der Waals surface area (Å²) in [5.41, 5.74) is 6.07. The van der Waals surface area contributed by atoms with Gasteiger partial charge in [-0.15, -0.1) is 5.92 Å². The second kappa shape index (κ2) is 7.93. The lowest BCUT2D eigenvalue weighted by molar-refractivity contribution is 0.134. The molecule has 0 bridgehead atoms. The van der Waals surface area contributed by atoms with Gasteiger partial charge >= 0.3 is 0 Å². The highest BCUT2D eigenvalue weighted by atomic mass is 15.2. The topological polar surface area (TPSA) is 3.24 Å². The molecule has 0 saturated carbocycles. The summed E-state index contributed by atoms with van der Waals surface area (Å²) in [6, 6.07) is 0.519. The van der Waals surface area contributed by atoms with Gasteiger partial charge in [-0.25, -0.2) is 0 Å². The zero-order valence-electron chi connectivity index (χ0n) is 16.4. The van der Waals surface area contributed by atoms with E-state index in [0.29, 0.717) is 11.5 Å². The molecule has 1 heteroatoms. The van der Waals surface area contributed by atoms with Crippen LogP contribution < -0.4 is 0 Å². The summed E-state index contributed by atoms with van der Waals surface area (Å²) < 4.78 is 0. The van der Waals surface area contributed by atoms with Crippen LogP contribution in [0.15, 0.2) is 46.7 Å². The Bertz CT molecular complexity index is 643. The largest absolute Gasteiger partial charge is 0.367 e. The van der Waals surface area contributed by atoms with E-state index in [2.05, 4.69) is 75.7 Å². The number of hydrogen-bond acceptors (Lipinski definition) is 1. The van der Waals surface area contributed by atoms with E-state index >= 15 is 0 Å². The van der Waals surface area contributed by atoms with E-state index in [1.54, 1.807) is 0 Å². The van der Waals surface area contributed by atoms with Crippen molar-refractivity contribution >= 4 is 0 Å². The fourth-order valence-corrected chi connectivity index (χ4v) is 3.50. The van der Waals surface area contributed by atoms with Crippen LogP contribution in [0.25, 0.3) is 0 Å². The van der Waals surface area contributed by atoms with Crippen LogP contribution in [-0.2, 0) is 0 Å². The van der Waals surface area contributed by atoms with Crippen LogP contribution in [0.1, 0.15) is 67.2 Å². The summed E-state index contributed by atoms with van der Waals surface area (Å²) in [5.74, 6) is 6.11. The Morgan fingerprint density at radius 3 is 2.67 bits per heavy atom. The van der Waals surface area contributed by atoms with Crippen molar-refractivity contribution in [3.05, 3.63) is 46.7 Å². The van der Waals surface area contributed by atoms with E-state index < -0.39 is 0 Å². The molecule has 1 unspecified atom stereocenters. The molecule has 1 nitrogen and oxygen atoms in total. The van der Waals surface area contributed by atoms with Crippen molar-refractivity contribution in [1.82, 2.24) is 4.90 Å². The standard InChI is InChI=1S/C23H33N/c1-7-9-10-11-15-21-18(3)24(19(4)23(5,6)8-2)17-20-14-12-13-16-22(20)21/h11,14-16,19H,8,10,12-13,17H2,1-6H3/b15-11-. The highest BCUT2D eigenvalue weighted by molar-refractivity contribution is 5.58. The number of nitrogens with zero attached hydrogens (tertiary/aromatic N) is 1. The average Bonchev–Trinajstić information content (AvgIpc) is 2.59. The van der Waals surface area contributed by atoms with Gasteiger partial charge in [0.25, 0.3) is 0 Å². The van der Waals surface area contributed by atoms with E-state index in [0.717, 1.165) is 19.4 Å². The summed E-state index contributed by atoms with van der Waals surface area (Å²) in [7, 11) is 0. The minimum Gasteiger partial charge on any atom is -0.367 e. The zero-order chi connectivity index (χ0) is 17.7. The second-order valence-corrected chi connectivity index (χ2v) is 7.60. The molecule has 0 fully saturated rings. The Morgan fingerprint density at radius 2 is 2.00 bits per heavy atom. The van der Waals surface area contributed by atoms with Crippen LogP contribution in [0.2, 0.25) is 0 Å². The fourth-order valence-electron chi connectivity index (χ4n) is 3.50. The Morgan fingerprint density at radius 1 is 1.29 bits per heavy atom. The van der Waals surface area contributed by atoms with Gasteiger partial charge in [-0.1, -0.05) is 51.0 Å². The van der Waals surface area contributed by atoms with E-state index in [9.17, 15) is 0 Å². The number of allylic oxidation sites excluding steroid dienone is 6. The highest BCUT2D eigenvalue weighted by Gasteiger charge is 2.33. The molecular weight excluding hydrogens is 290 g/mol. The predicted molar refractivity (Wildman–Crippen MR) is 106 cm³/mol. The summed E-state index contributed by atoms with van der Waals surface area (Å²) in [6.07, 6.45) is 13.7.